The van der Waals surface area contributed by atoms with Crippen molar-refractivity contribution in [3.63, 3.8) is 0 Å². The van der Waals surface area contributed by atoms with Crippen LogP contribution < -0.4 is 5.32 Å². The molecule has 0 unspecified atom stereocenters. The molecule has 1 aromatic carbocycles. The van der Waals surface area contributed by atoms with E-state index in [0.717, 1.165) is 24.3 Å². The van der Waals surface area contributed by atoms with Crippen LogP contribution in [0.5, 0.6) is 0 Å². The van der Waals surface area contributed by atoms with Gasteiger partial charge in [0.2, 0.25) is 0 Å². The van der Waals surface area contributed by atoms with E-state index >= 15 is 0 Å². The lowest BCUT2D eigenvalue weighted by atomic mass is 9.83. The number of benzene rings is 1. The molecule has 1 aromatic heterocycles. The maximum absolute atomic E-state index is 4.73. The smallest absolute Gasteiger partial charge is 0.0705 e. The van der Waals surface area contributed by atoms with Crippen LogP contribution in [0.25, 0.3) is 10.9 Å². The van der Waals surface area contributed by atoms with Crippen LogP contribution in [0.2, 0.25) is 0 Å². The van der Waals surface area contributed by atoms with E-state index in [1.54, 1.807) is 0 Å². The van der Waals surface area contributed by atoms with Crippen molar-refractivity contribution in [1.29, 1.82) is 0 Å². The molecular formula is C18H24N2. The van der Waals surface area contributed by atoms with Gasteiger partial charge in [-0.25, -0.2) is 0 Å². The first-order valence-corrected chi connectivity index (χ1v) is 7.87. The summed E-state index contributed by atoms with van der Waals surface area (Å²) in [6, 6.07) is 12.6. The van der Waals surface area contributed by atoms with Crippen molar-refractivity contribution < 1.29 is 0 Å². The number of fused-ring (bicyclic) bond motifs is 1. The van der Waals surface area contributed by atoms with Gasteiger partial charge in [-0.3, -0.25) is 4.98 Å². The zero-order valence-corrected chi connectivity index (χ0v) is 12.4. The fourth-order valence-corrected chi connectivity index (χ4v) is 3.44. The van der Waals surface area contributed by atoms with Crippen LogP contribution >= 0.6 is 0 Å². The SMILES string of the molecule is CCC1(CNCc2ccc3ccccc3n2)CCCC1. The number of rotatable bonds is 5. The number of pyridine rings is 1. The minimum absolute atomic E-state index is 0.552. The van der Waals surface area contributed by atoms with Crippen LogP contribution in [0.3, 0.4) is 0 Å². The minimum atomic E-state index is 0.552. The lowest BCUT2D eigenvalue weighted by Gasteiger charge is -2.27. The van der Waals surface area contributed by atoms with Crippen molar-refractivity contribution in [1.82, 2.24) is 10.3 Å². The van der Waals surface area contributed by atoms with Gasteiger partial charge in [0.1, 0.15) is 0 Å². The van der Waals surface area contributed by atoms with E-state index in [0.29, 0.717) is 5.41 Å². The Morgan fingerprint density at radius 3 is 2.70 bits per heavy atom. The summed E-state index contributed by atoms with van der Waals surface area (Å²) in [5.74, 6) is 0. The lowest BCUT2D eigenvalue weighted by molar-refractivity contribution is 0.268. The third-order valence-electron chi connectivity index (χ3n) is 4.88. The summed E-state index contributed by atoms with van der Waals surface area (Å²) in [6.07, 6.45) is 6.89. The Balaban J connectivity index is 1.62. The predicted octanol–water partition coefficient (Wildman–Crippen LogP) is 4.29. The highest BCUT2D eigenvalue weighted by Crippen LogP contribution is 2.40. The third-order valence-corrected chi connectivity index (χ3v) is 4.88. The summed E-state index contributed by atoms with van der Waals surface area (Å²) >= 11 is 0. The Bertz CT molecular complexity index is 570. The first-order chi connectivity index (χ1) is 9.81. The van der Waals surface area contributed by atoms with E-state index in [2.05, 4.69) is 48.6 Å². The fourth-order valence-electron chi connectivity index (χ4n) is 3.44. The molecule has 2 heteroatoms. The first kappa shape index (κ1) is 13.6. The second kappa shape index (κ2) is 5.92. The van der Waals surface area contributed by atoms with E-state index < -0.39 is 0 Å². The largest absolute Gasteiger partial charge is 0.311 e. The topological polar surface area (TPSA) is 24.9 Å². The maximum atomic E-state index is 4.73. The van der Waals surface area contributed by atoms with Crippen LogP contribution in [0.1, 0.15) is 44.7 Å². The molecular weight excluding hydrogens is 244 g/mol. The Morgan fingerprint density at radius 2 is 1.90 bits per heavy atom. The molecule has 1 aliphatic rings. The quantitative estimate of drug-likeness (QED) is 0.874. The normalized spacial score (nSPS) is 17.6. The Kier molecular flexibility index (Phi) is 4.02. The number of hydrogen-bond donors (Lipinski definition) is 1. The number of nitrogens with one attached hydrogen (secondary N) is 1. The van der Waals surface area contributed by atoms with E-state index in [-0.39, 0.29) is 0 Å². The van der Waals surface area contributed by atoms with Gasteiger partial charge in [0.15, 0.2) is 0 Å². The van der Waals surface area contributed by atoms with Crippen molar-refractivity contribution in [2.45, 2.75) is 45.6 Å². The van der Waals surface area contributed by atoms with Gasteiger partial charge in [0, 0.05) is 18.5 Å². The highest BCUT2D eigenvalue weighted by molar-refractivity contribution is 5.78. The number of hydrogen-bond acceptors (Lipinski definition) is 2. The van der Waals surface area contributed by atoms with Crippen LogP contribution in [0.15, 0.2) is 36.4 Å². The minimum Gasteiger partial charge on any atom is -0.311 e. The fraction of sp³-hybridized carbons (Fsp3) is 0.500. The Labute approximate surface area is 121 Å². The molecule has 2 aromatic rings. The van der Waals surface area contributed by atoms with Gasteiger partial charge < -0.3 is 5.32 Å². The van der Waals surface area contributed by atoms with E-state index in [1.807, 2.05) is 0 Å². The Hall–Kier alpha value is -1.41. The van der Waals surface area contributed by atoms with Gasteiger partial charge in [-0.15, -0.1) is 0 Å². The molecule has 3 rings (SSSR count). The third kappa shape index (κ3) is 2.85. The molecule has 0 saturated heterocycles. The Morgan fingerprint density at radius 1 is 1.10 bits per heavy atom. The average Bonchev–Trinajstić information content (AvgIpc) is 2.96. The first-order valence-electron chi connectivity index (χ1n) is 7.87. The van der Waals surface area contributed by atoms with E-state index in [1.165, 1.54) is 37.5 Å². The second-order valence-corrected chi connectivity index (χ2v) is 6.16. The van der Waals surface area contributed by atoms with Crippen LogP contribution in [-0.2, 0) is 6.54 Å². The van der Waals surface area contributed by atoms with Crippen molar-refractivity contribution in [2.24, 2.45) is 5.41 Å². The second-order valence-electron chi connectivity index (χ2n) is 6.16. The molecule has 0 amide bonds. The summed E-state index contributed by atoms with van der Waals surface area (Å²) in [5.41, 5.74) is 2.79. The molecule has 1 N–H and O–H groups in total. The summed E-state index contributed by atoms with van der Waals surface area (Å²) in [5, 5.41) is 4.86. The number of aromatic nitrogens is 1. The van der Waals surface area contributed by atoms with Crippen molar-refractivity contribution in [3.05, 3.63) is 42.1 Å². The zero-order valence-electron chi connectivity index (χ0n) is 12.4. The molecule has 1 saturated carbocycles. The molecule has 1 aliphatic carbocycles. The highest BCUT2D eigenvalue weighted by atomic mass is 14.9. The lowest BCUT2D eigenvalue weighted by Crippen LogP contribution is -2.31. The molecule has 20 heavy (non-hydrogen) atoms. The standard InChI is InChI=1S/C18H24N2/c1-2-18(11-5-6-12-18)14-19-13-16-10-9-15-7-3-4-8-17(15)20-16/h3-4,7-10,19H,2,5-6,11-14H2,1H3. The van der Waals surface area contributed by atoms with Crippen LogP contribution in [0, 0.1) is 5.41 Å². The average molecular weight is 268 g/mol. The van der Waals surface area contributed by atoms with Gasteiger partial charge in [-0.05, 0) is 36.8 Å². The zero-order chi connectivity index (χ0) is 13.8. The molecule has 1 fully saturated rings. The predicted molar refractivity (Wildman–Crippen MR) is 84.6 cm³/mol. The van der Waals surface area contributed by atoms with Crippen molar-refractivity contribution in [3.8, 4) is 0 Å². The molecule has 0 bridgehead atoms. The van der Waals surface area contributed by atoms with E-state index in [4.69, 9.17) is 4.98 Å². The van der Waals surface area contributed by atoms with Gasteiger partial charge >= 0.3 is 0 Å². The van der Waals surface area contributed by atoms with Gasteiger partial charge in [0.25, 0.3) is 0 Å². The number of nitrogens with zero attached hydrogens (tertiary/aromatic N) is 1. The van der Waals surface area contributed by atoms with Gasteiger partial charge in [0.05, 0.1) is 11.2 Å². The molecule has 106 valence electrons. The summed E-state index contributed by atoms with van der Waals surface area (Å²) in [4.78, 5) is 4.73. The van der Waals surface area contributed by atoms with Crippen LogP contribution in [0.4, 0.5) is 0 Å². The molecule has 1 heterocycles. The van der Waals surface area contributed by atoms with Crippen LogP contribution in [-0.4, -0.2) is 11.5 Å². The highest BCUT2D eigenvalue weighted by Gasteiger charge is 2.31. The molecule has 0 aliphatic heterocycles. The molecule has 0 spiro atoms. The maximum Gasteiger partial charge on any atom is 0.0705 e. The van der Waals surface area contributed by atoms with Gasteiger partial charge in [-0.2, -0.15) is 0 Å². The summed E-state index contributed by atoms with van der Waals surface area (Å²) < 4.78 is 0. The summed E-state index contributed by atoms with van der Waals surface area (Å²) in [7, 11) is 0. The molecule has 0 atom stereocenters. The van der Waals surface area contributed by atoms with Crippen molar-refractivity contribution >= 4 is 10.9 Å². The monoisotopic (exact) mass is 268 g/mol. The number of para-hydroxylation sites is 1. The molecule has 2 nitrogen and oxygen atoms in total. The van der Waals surface area contributed by atoms with E-state index in [9.17, 15) is 0 Å². The summed E-state index contributed by atoms with van der Waals surface area (Å²) in [6.45, 7) is 4.35. The van der Waals surface area contributed by atoms with Crippen molar-refractivity contribution in [2.75, 3.05) is 6.54 Å². The van der Waals surface area contributed by atoms with Gasteiger partial charge in [-0.1, -0.05) is 44.0 Å². The molecule has 0 radical (unpaired) electrons.